The Hall–Kier alpha value is -0.120. The number of hydrogen-bond donors (Lipinski definition) is 1. The second-order valence-electron chi connectivity index (χ2n) is 6.67. The number of fused-ring (bicyclic) bond motifs is 1. The standard InChI is InChI=1S/C15H28N2O/c1-11-6-7-17(10-15(11)18-2)9-14-13-5-3-4-12(13)8-16-14/h11-16H,3-10H2,1-2H3. The second-order valence-corrected chi connectivity index (χ2v) is 6.67. The molecule has 1 aliphatic carbocycles. The first-order valence-electron chi connectivity index (χ1n) is 7.76. The van der Waals surface area contributed by atoms with Crippen molar-refractivity contribution in [1.29, 1.82) is 0 Å². The Morgan fingerprint density at radius 3 is 3.00 bits per heavy atom. The van der Waals surface area contributed by atoms with Crippen LogP contribution >= 0.6 is 0 Å². The highest BCUT2D eigenvalue weighted by atomic mass is 16.5. The first kappa shape index (κ1) is 12.9. The first-order valence-corrected chi connectivity index (χ1v) is 7.76. The number of nitrogens with zero attached hydrogens (tertiary/aromatic N) is 1. The predicted octanol–water partition coefficient (Wildman–Crippen LogP) is 1.73. The Labute approximate surface area is 111 Å². The van der Waals surface area contributed by atoms with E-state index in [1.54, 1.807) is 0 Å². The average molecular weight is 252 g/mol. The van der Waals surface area contributed by atoms with Gasteiger partial charge in [-0.3, -0.25) is 4.90 Å². The third-order valence-electron chi connectivity index (χ3n) is 5.61. The van der Waals surface area contributed by atoms with E-state index in [0.717, 1.165) is 30.3 Å². The van der Waals surface area contributed by atoms with Gasteiger partial charge in [-0.1, -0.05) is 13.3 Å². The van der Waals surface area contributed by atoms with Crippen molar-refractivity contribution in [2.75, 3.05) is 33.3 Å². The van der Waals surface area contributed by atoms with E-state index in [9.17, 15) is 0 Å². The van der Waals surface area contributed by atoms with E-state index in [0.29, 0.717) is 6.10 Å². The molecule has 3 aliphatic rings. The van der Waals surface area contributed by atoms with Gasteiger partial charge in [-0.05, 0) is 50.1 Å². The number of piperidine rings is 1. The van der Waals surface area contributed by atoms with Crippen LogP contribution in [0.1, 0.15) is 32.6 Å². The molecule has 1 saturated carbocycles. The SMILES string of the molecule is COC1CN(CC2NCC3CCCC32)CCC1C. The van der Waals surface area contributed by atoms with Crippen LogP contribution in [0.15, 0.2) is 0 Å². The molecule has 3 fully saturated rings. The van der Waals surface area contributed by atoms with E-state index in [-0.39, 0.29) is 0 Å². The fourth-order valence-corrected chi connectivity index (χ4v) is 4.35. The van der Waals surface area contributed by atoms with Gasteiger partial charge in [0.15, 0.2) is 0 Å². The molecule has 0 amide bonds. The fraction of sp³-hybridized carbons (Fsp3) is 1.00. The Bertz CT molecular complexity index is 284. The number of ether oxygens (including phenoxy) is 1. The molecular weight excluding hydrogens is 224 g/mol. The number of likely N-dealkylation sites (tertiary alicyclic amines) is 1. The highest BCUT2D eigenvalue weighted by Gasteiger charge is 2.40. The van der Waals surface area contributed by atoms with Crippen molar-refractivity contribution in [2.24, 2.45) is 17.8 Å². The zero-order valence-electron chi connectivity index (χ0n) is 11.9. The van der Waals surface area contributed by atoms with Gasteiger partial charge < -0.3 is 10.1 Å². The maximum absolute atomic E-state index is 5.62. The molecule has 3 heteroatoms. The van der Waals surface area contributed by atoms with Gasteiger partial charge in [0.05, 0.1) is 6.10 Å². The Kier molecular flexibility index (Phi) is 3.92. The van der Waals surface area contributed by atoms with Crippen molar-refractivity contribution >= 4 is 0 Å². The molecule has 0 aromatic rings. The van der Waals surface area contributed by atoms with Crippen LogP contribution in [0.2, 0.25) is 0 Å². The van der Waals surface area contributed by atoms with Crippen LogP contribution in [0.25, 0.3) is 0 Å². The summed E-state index contributed by atoms with van der Waals surface area (Å²) in [6.07, 6.45) is 6.12. The minimum absolute atomic E-state index is 0.444. The quantitative estimate of drug-likeness (QED) is 0.828. The number of methoxy groups -OCH3 is 1. The van der Waals surface area contributed by atoms with Crippen molar-refractivity contribution in [3.63, 3.8) is 0 Å². The summed E-state index contributed by atoms with van der Waals surface area (Å²) in [6, 6.07) is 0.753. The molecule has 104 valence electrons. The van der Waals surface area contributed by atoms with Crippen LogP contribution in [0.4, 0.5) is 0 Å². The van der Waals surface area contributed by atoms with Crippen molar-refractivity contribution in [2.45, 2.75) is 44.8 Å². The Balaban J connectivity index is 1.53. The van der Waals surface area contributed by atoms with Crippen LogP contribution in [0, 0.1) is 17.8 Å². The molecule has 2 heterocycles. The minimum atomic E-state index is 0.444. The van der Waals surface area contributed by atoms with Crippen molar-refractivity contribution in [3.05, 3.63) is 0 Å². The van der Waals surface area contributed by atoms with Crippen LogP contribution < -0.4 is 5.32 Å². The normalized spacial score (nSPS) is 45.3. The fourth-order valence-electron chi connectivity index (χ4n) is 4.35. The molecule has 0 spiro atoms. The molecule has 18 heavy (non-hydrogen) atoms. The second kappa shape index (κ2) is 5.48. The van der Waals surface area contributed by atoms with E-state index >= 15 is 0 Å². The Morgan fingerprint density at radius 1 is 1.28 bits per heavy atom. The van der Waals surface area contributed by atoms with Crippen LogP contribution in [-0.2, 0) is 4.74 Å². The van der Waals surface area contributed by atoms with Crippen molar-refractivity contribution in [3.8, 4) is 0 Å². The predicted molar refractivity (Wildman–Crippen MR) is 73.6 cm³/mol. The summed E-state index contributed by atoms with van der Waals surface area (Å²) in [5.74, 6) is 2.67. The lowest BCUT2D eigenvalue weighted by molar-refractivity contribution is -0.00824. The molecule has 2 saturated heterocycles. The summed E-state index contributed by atoms with van der Waals surface area (Å²) in [4.78, 5) is 2.63. The van der Waals surface area contributed by atoms with Crippen molar-refractivity contribution in [1.82, 2.24) is 10.2 Å². The smallest absolute Gasteiger partial charge is 0.0724 e. The van der Waals surface area contributed by atoms with Gasteiger partial charge in [0.25, 0.3) is 0 Å². The van der Waals surface area contributed by atoms with E-state index < -0.39 is 0 Å². The lowest BCUT2D eigenvalue weighted by Crippen LogP contribution is -2.49. The molecule has 1 N–H and O–H groups in total. The molecule has 0 radical (unpaired) electrons. The maximum atomic E-state index is 5.62. The van der Waals surface area contributed by atoms with E-state index in [2.05, 4.69) is 17.1 Å². The average Bonchev–Trinajstić information content (AvgIpc) is 2.96. The molecule has 2 aliphatic heterocycles. The number of nitrogens with one attached hydrogen (secondary N) is 1. The lowest BCUT2D eigenvalue weighted by Gasteiger charge is -2.38. The summed E-state index contributed by atoms with van der Waals surface area (Å²) < 4.78 is 5.62. The summed E-state index contributed by atoms with van der Waals surface area (Å²) in [5, 5.41) is 3.77. The third-order valence-corrected chi connectivity index (χ3v) is 5.61. The molecule has 3 rings (SSSR count). The van der Waals surface area contributed by atoms with Gasteiger partial charge in [0.2, 0.25) is 0 Å². The molecule has 0 bridgehead atoms. The molecular formula is C15H28N2O. The van der Waals surface area contributed by atoms with E-state index in [1.807, 2.05) is 7.11 Å². The molecule has 0 aromatic carbocycles. The van der Waals surface area contributed by atoms with Crippen molar-refractivity contribution < 1.29 is 4.74 Å². The number of rotatable bonds is 3. The molecule has 3 nitrogen and oxygen atoms in total. The first-order chi connectivity index (χ1) is 8.78. The highest BCUT2D eigenvalue weighted by molar-refractivity contribution is 4.96. The van der Waals surface area contributed by atoms with Crippen LogP contribution in [0.3, 0.4) is 0 Å². The van der Waals surface area contributed by atoms with Gasteiger partial charge in [0, 0.05) is 26.2 Å². The van der Waals surface area contributed by atoms with Crippen LogP contribution in [-0.4, -0.2) is 50.3 Å². The third kappa shape index (κ3) is 2.45. The van der Waals surface area contributed by atoms with E-state index in [4.69, 9.17) is 4.74 Å². The van der Waals surface area contributed by atoms with Gasteiger partial charge in [-0.25, -0.2) is 0 Å². The topological polar surface area (TPSA) is 24.5 Å². The van der Waals surface area contributed by atoms with Gasteiger partial charge >= 0.3 is 0 Å². The Morgan fingerprint density at radius 2 is 2.17 bits per heavy atom. The van der Waals surface area contributed by atoms with Gasteiger partial charge in [0.1, 0.15) is 0 Å². The zero-order chi connectivity index (χ0) is 12.5. The highest BCUT2D eigenvalue weighted by Crippen LogP contribution is 2.38. The monoisotopic (exact) mass is 252 g/mol. The summed E-state index contributed by atoms with van der Waals surface area (Å²) in [7, 11) is 1.87. The van der Waals surface area contributed by atoms with E-state index in [1.165, 1.54) is 45.3 Å². The number of hydrogen-bond acceptors (Lipinski definition) is 3. The lowest BCUT2D eigenvalue weighted by atomic mass is 9.92. The maximum Gasteiger partial charge on any atom is 0.0724 e. The van der Waals surface area contributed by atoms with Crippen LogP contribution in [0.5, 0.6) is 0 Å². The van der Waals surface area contributed by atoms with Gasteiger partial charge in [-0.2, -0.15) is 0 Å². The summed E-state index contributed by atoms with van der Waals surface area (Å²) in [6.45, 7) is 7.23. The zero-order valence-corrected chi connectivity index (χ0v) is 11.9. The largest absolute Gasteiger partial charge is 0.380 e. The summed E-state index contributed by atoms with van der Waals surface area (Å²) in [5.41, 5.74) is 0. The molecule has 5 unspecified atom stereocenters. The van der Waals surface area contributed by atoms with Gasteiger partial charge in [-0.15, -0.1) is 0 Å². The summed E-state index contributed by atoms with van der Waals surface area (Å²) >= 11 is 0. The molecule has 5 atom stereocenters. The molecule has 0 aromatic heterocycles. The minimum Gasteiger partial charge on any atom is -0.380 e.